The van der Waals surface area contributed by atoms with Crippen molar-refractivity contribution in [3.8, 4) is 0 Å². The maximum absolute atomic E-state index is 13.9. The highest BCUT2D eigenvalue weighted by molar-refractivity contribution is 6.35. The molecule has 5 N–H and O–H groups in total. The number of benzene rings is 2. The van der Waals surface area contributed by atoms with E-state index in [2.05, 4.69) is 19.2 Å². The van der Waals surface area contributed by atoms with Gasteiger partial charge in [-0.1, -0.05) is 78.8 Å². The topological polar surface area (TPSA) is 105 Å². The standard InChI is InChI=1S/C32H45Cl4N5O2/c1-21(2)15-27-20-40(31(42)11-8-22-6-9-24(33)17-28(22)35)26(5-3-4-13-39-14-12-37)19-41(27)32(43)30(38)16-23-7-10-25(34)18-29(23)36/h6-7,9-10,17-18,21,26-27,30,39H,3-5,8,11-16,19-20,37-38H2,1-2H3/t26?,27-,30?/m1/s1. The molecule has 0 spiro atoms. The normalized spacial score (nSPS) is 17.9. The van der Waals surface area contributed by atoms with Crippen molar-refractivity contribution in [2.24, 2.45) is 17.4 Å². The van der Waals surface area contributed by atoms with E-state index in [1.54, 1.807) is 24.3 Å². The first kappa shape index (κ1) is 35.9. The van der Waals surface area contributed by atoms with Gasteiger partial charge in [-0.15, -0.1) is 0 Å². The Morgan fingerprint density at radius 1 is 0.907 bits per heavy atom. The third kappa shape index (κ3) is 11.1. The van der Waals surface area contributed by atoms with Gasteiger partial charge >= 0.3 is 0 Å². The fraction of sp³-hybridized carbons (Fsp3) is 0.562. The van der Waals surface area contributed by atoms with Crippen LogP contribution in [0.25, 0.3) is 0 Å². The van der Waals surface area contributed by atoms with Crippen molar-refractivity contribution < 1.29 is 9.59 Å². The van der Waals surface area contributed by atoms with Crippen LogP contribution in [0.3, 0.4) is 0 Å². The summed E-state index contributed by atoms with van der Waals surface area (Å²) in [6.07, 6.45) is 4.58. The summed E-state index contributed by atoms with van der Waals surface area (Å²) in [4.78, 5) is 31.6. The zero-order chi connectivity index (χ0) is 31.5. The molecule has 2 aromatic rings. The summed E-state index contributed by atoms with van der Waals surface area (Å²) in [5.41, 5.74) is 13.8. The first-order valence-electron chi connectivity index (χ1n) is 15.1. The van der Waals surface area contributed by atoms with E-state index in [9.17, 15) is 9.59 Å². The second-order valence-electron chi connectivity index (χ2n) is 11.8. The molecule has 1 aliphatic rings. The number of carbonyl (C=O) groups is 2. The molecule has 1 saturated heterocycles. The largest absolute Gasteiger partial charge is 0.336 e. The van der Waals surface area contributed by atoms with Crippen LogP contribution in [-0.2, 0) is 22.4 Å². The zero-order valence-electron chi connectivity index (χ0n) is 25.1. The average Bonchev–Trinajstić information content (AvgIpc) is 2.95. The zero-order valence-corrected chi connectivity index (χ0v) is 28.2. The quantitative estimate of drug-likeness (QED) is 0.202. The maximum Gasteiger partial charge on any atom is 0.240 e. The number of hydrogen-bond acceptors (Lipinski definition) is 5. The third-order valence-electron chi connectivity index (χ3n) is 7.90. The summed E-state index contributed by atoms with van der Waals surface area (Å²) in [6.45, 7) is 7.41. The monoisotopic (exact) mass is 671 g/mol. The number of piperazine rings is 1. The molecule has 2 aromatic carbocycles. The van der Waals surface area contributed by atoms with Gasteiger partial charge in [-0.05, 0) is 80.0 Å². The molecule has 0 radical (unpaired) electrons. The molecular weight excluding hydrogens is 628 g/mol. The Morgan fingerprint density at radius 3 is 2.14 bits per heavy atom. The lowest BCUT2D eigenvalue weighted by Gasteiger charge is -2.48. The number of nitrogens with two attached hydrogens (primary N) is 2. The number of amides is 2. The number of nitrogens with one attached hydrogen (secondary N) is 1. The number of halogens is 4. The van der Waals surface area contributed by atoms with Crippen LogP contribution in [-0.4, -0.2) is 72.5 Å². The molecule has 0 saturated carbocycles. The third-order valence-corrected chi connectivity index (χ3v) is 9.07. The second-order valence-corrected chi connectivity index (χ2v) is 13.5. The molecule has 238 valence electrons. The fourth-order valence-electron chi connectivity index (χ4n) is 5.71. The lowest BCUT2D eigenvalue weighted by molar-refractivity contribution is -0.148. The second kappa shape index (κ2) is 17.8. The van der Waals surface area contributed by atoms with Crippen LogP contribution in [0.2, 0.25) is 20.1 Å². The van der Waals surface area contributed by atoms with Crippen LogP contribution >= 0.6 is 46.4 Å². The minimum Gasteiger partial charge on any atom is -0.336 e. The Morgan fingerprint density at radius 2 is 1.53 bits per heavy atom. The highest BCUT2D eigenvalue weighted by Crippen LogP contribution is 2.28. The molecule has 43 heavy (non-hydrogen) atoms. The first-order chi connectivity index (χ1) is 20.5. The number of unbranched alkanes of at least 4 members (excludes halogenated alkanes) is 1. The van der Waals surface area contributed by atoms with Crippen LogP contribution in [0.5, 0.6) is 0 Å². The van der Waals surface area contributed by atoms with Gasteiger partial charge in [-0.25, -0.2) is 0 Å². The predicted octanol–water partition coefficient (Wildman–Crippen LogP) is 5.98. The number of carbonyl (C=O) groups excluding carboxylic acids is 2. The van der Waals surface area contributed by atoms with Crippen LogP contribution in [0.4, 0.5) is 0 Å². The Bertz CT molecular complexity index is 1210. The summed E-state index contributed by atoms with van der Waals surface area (Å²) in [5, 5.41) is 5.48. The van der Waals surface area contributed by atoms with Crippen LogP contribution < -0.4 is 16.8 Å². The lowest BCUT2D eigenvalue weighted by Crippen LogP contribution is -2.63. The van der Waals surface area contributed by atoms with E-state index in [1.165, 1.54) is 0 Å². The van der Waals surface area contributed by atoms with E-state index in [1.807, 2.05) is 21.9 Å². The van der Waals surface area contributed by atoms with Gasteiger partial charge in [0.2, 0.25) is 11.8 Å². The molecule has 2 amide bonds. The number of rotatable bonds is 15. The number of nitrogens with zero attached hydrogens (tertiary/aromatic N) is 2. The molecule has 3 rings (SSSR count). The van der Waals surface area contributed by atoms with E-state index in [4.69, 9.17) is 57.9 Å². The van der Waals surface area contributed by atoms with E-state index in [-0.39, 0.29) is 23.9 Å². The summed E-state index contributed by atoms with van der Waals surface area (Å²) in [5.74, 6) is 0.277. The van der Waals surface area contributed by atoms with Crippen LogP contribution in [0.1, 0.15) is 57.1 Å². The van der Waals surface area contributed by atoms with Crippen LogP contribution in [0.15, 0.2) is 36.4 Å². The van der Waals surface area contributed by atoms with E-state index >= 15 is 0 Å². The highest BCUT2D eigenvalue weighted by atomic mass is 35.5. The molecular formula is C32H45Cl4N5O2. The van der Waals surface area contributed by atoms with Gasteiger partial charge in [-0.3, -0.25) is 9.59 Å². The fourth-order valence-corrected chi connectivity index (χ4v) is 6.70. The molecule has 0 aliphatic carbocycles. The van der Waals surface area contributed by atoms with Crippen molar-refractivity contribution in [2.75, 3.05) is 32.7 Å². The molecule has 1 fully saturated rings. The van der Waals surface area contributed by atoms with Crippen LogP contribution in [0, 0.1) is 5.92 Å². The lowest BCUT2D eigenvalue weighted by atomic mass is 9.93. The minimum atomic E-state index is -0.760. The molecule has 0 bridgehead atoms. The van der Waals surface area contributed by atoms with E-state index < -0.39 is 6.04 Å². The van der Waals surface area contributed by atoms with Gasteiger partial charge in [0, 0.05) is 64.8 Å². The predicted molar refractivity (Wildman–Crippen MR) is 179 cm³/mol. The summed E-state index contributed by atoms with van der Waals surface area (Å²) in [6, 6.07) is 9.59. The van der Waals surface area contributed by atoms with E-state index in [0.29, 0.717) is 64.9 Å². The van der Waals surface area contributed by atoms with Crippen molar-refractivity contribution in [3.63, 3.8) is 0 Å². The van der Waals surface area contributed by atoms with Gasteiger partial charge in [0.15, 0.2) is 0 Å². The number of hydrogen-bond donors (Lipinski definition) is 3. The molecule has 2 unspecified atom stereocenters. The summed E-state index contributed by atoms with van der Waals surface area (Å²) < 4.78 is 0. The molecule has 1 heterocycles. The van der Waals surface area contributed by atoms with Crippen molar-refractivity contribution in [2.45, 2.75) is 76.9 Å². The van der Waals surface area contributed by atoms with Crippen molar-refractivity contribution in [1.29, 1.82) is 0 Å². The van der Waals surface area contributed by atoms with Crippen molar-refractivity contribution in [3.05, 3.63) is 67.6 Å². The van der Waals surface area contributed by atoms with Gasteiger partial charge < -0.3 is 26.6 Å². The van der Waals surface area contributed by atoms with Crippen molar-refractivity contribution in [1.82, 2.24) is 15.1 Å². The molecule has 11 heteroatoms. The SMILES string of the molecule is CC(C)C[C@@H]1CN(C(=O)CCc2ccc(Cl)cc2Cl)C(CCCCNCCN)CN1C(=O)C(N)Cc1ccc(Cl)cc1Cl. The Kier molecular flexibility index (Phi) is 14.8. The highest BCUT2D eigenvalue weighted by Gasteiger charge is 2.39. The van der Waals surface area contributed by atoms with Crippen molar-refractivity contribution >= 4 is 58.2 Å². The van der Waals surface area contributed by atoms with Gasteiger partial charge in [0.05, 0.1) is 6.04 Å². The molecule has 7 nitrogen and oxygen atoms in total. The Hall–Kier alpha value is -1.58. The minimum absolute atomic E-state index is 0.0652. The number of aryl methyl sites for hydroxylation is 1. The molecule has 3 atom stereocenters. The van der Waals surface area contributed by atoms with E-state index in [0.717, 1.165) is 49.9 Å². The van der Waals surface area contributed by atoms with Gasteiger partial charge in [-0.2, -0.15) is 0 Å². The average molecular weight is 674 g/mol. The Balaban J connectivity index is 1.78. The summed E-state index contributed by atoms with van der Waals surface area (Å²) in [7, 11) is 0. The maximum atomic E-state index is 13.9. The van der Waals surface area contributed by atoms with Gasteiger partial charge in [0.25, 0.3) is 0 Å². The smallest absolute Gasteiger partial charge is 0.240 e. The first-order valence-corrected chi connectivity index (χ1v) is 16.7. The Labute approximate surface area is 276 Å². The molecule has 0 aromatic heterocycles. The summed E-state index contributed by atoms with van der Waals surface area (Å²) >= 11 is 24.9. The molecule has 1 aliphatic heterocycles. The van der Waals surface area contributed by atoms with Gasteiger partial charge in [0.1, 0.15) is 0 Å².